The number of nitrogens with zero attached hydrogens (tertiary/aromatic N) is 2. The number of para-hydroxylation sites is 1. The third kappa shape index (κ3) is 3.38. The fraction of sp³-hybridized carbons (Fsp3) is 0.250. The Labute approximate surface area is 146 Å². The molecule has 2 aromatic carbocycles. The Morgan fingerprint density at radius 2 is 1.96 bits per heavy atom. The first-order valence-electron chi connectivity index (χ1n) is 8.17. The Morgan fingerprint density at radius 3 is 2.68 bits per heavy atom. The van der Waals surface area contributed by atoms with Gasteiger partial charge in [0.05, 0.1) is 17.2 Å². The molecule has 5 heteroatoms. The molecule has 0 radical (unpaired) electrons. The molecule has 1 aliphatic heterocycles. The summed E-state index contributed by atoms with van der Waals surface area (Å²) in [6.45, 7) is 4.29. The van der Waals surface area contributed by atoms with Crippen LogP contribution in [0.5, 0.6) is 0 Å². The van der Waals surface area contributed by atoms with Gasteiger partial charge in [0.2, 0.25) is 11.8 Å². The predicted molar refractivity (Wildman–Crippen MR) is 96.2 cm³/mol. The summed E-state index contributed by atoms with van der Waals surface area (Å²) in [4.78, 5) is 26.4. The van der Waals surface area contributed by atoms with E-state index < -0.39 is 5.92 Å². The van der Waals surface area contributed by atoms with Crippen LogP contribution in [-0.4, -0.2) is 18.4 Å². The van der Waals surface area contributed by atoms with E-state index in [2.05, 4.69) is 11.4 Å². The molecule has 1 unspecified atom stereocenters. The fourth-order valence-electron chi connectivity index (χ4n) is 2.98. The SMILES string of the molecule is Cc1ccc(NC(=O)C2CC(=O)N(c3ccccc3C#N)C2)cc1C. The van der Waals surface area contributed by atoms with E-state index in [4.69, 9.17) is 0 Å². The normalized spacial score (nSPS) is 16.6. The molecular weight excluding hydrogens is 314 g/mol. The molecule has 1 heterocycles. The van der Waals surface area contributed by atoms with Crippen molar-refractivity contribution in [3.05, 3.63) is 59.2 Å². The van der Waals surface area contributed by atoms with Crippen molar-refractivity contribution in [2.45, 2.75) is 20.3 Å². The summed E-state index contributed by atoms with van der Waals surface area (Å²) in [5, 5.41) is 12.1. The molecule has 0 spiro atoms. The summed E-state index contributed by atoms with van der Waals surface area (Å²) in [6.07, 6.45) is 0.149. The standard InChI is InChI=1S/C20H19N3O2/c1-13-7-8-17(9-14(13)2)22-20(25)16-10-19(24)23(12-16)18-6-4-3-5-15(18)11-21/h3-9,16H,10,12H2,1-2H3,(H,22,25). The second-order valence-electron chi connectivity index (χ2n) is 6.32. The van der Waals surface area contributed by atoms with Crippen LogP contribution < -0.4 is 10.2 Å². The quantitative estimate of drug-likeness (QED) is 0.937. The molecule has 1 saturated heterocycles. The van der Waals surface area contributed by atoms with Crippen LogP contribution in [0.4, 0.5) is 11.4 Å². The highest BCUT2D eigenvalue weighted by atomic mass is 16.2. The van der Waals surface area contributed by atoms with Crippen molar-refractivity contribution in [3.63, 3.8) is 0 Å². The minimum Gasteiger partial charge on any atom is -0.326 e. The lowest BCUT2D eigenvalue weighted by molar-refractivity contribution is -0.122. The van der Waals surface area contributed by atoms with Crippen LogP contribution in [0.1, 0.15) is 23.1 Å². The van der Waals surface area contributed by atoms with Gasteiger partial charge in [-0.15, -0.1) is 0 Å². The van der Waals surface area contributed by atoms with Gasteiger partial charge in [-0.05, 0) is 49.2 Å². The molecule has 0 aliphatic carbocycles. The first-order chi connectivity index (χ1) is 12.0. The predicted octanol–water partition coefficient (Wildman–Crippen LogP) is 3.17. The lowest BCUT2D eigenvalue weighted by Gasteiger charge is -2.18. The zero-order chi connectivity index (χ0) is 18.0. The second kappa shape index (κ2) is 6.78. The number of anilines is 2. The van der Waals surface area contributed by atoms with Crippen LogP contribution in [0.2, 0.25) is 0 Å². The topological polar surface area (TPSA) is 73.2 Å². The molecule has 2 aromatic rings. The number of carbonyl (C=O) groups excluding carboxylic acids is 2. The van der Waals surface area contributed by atoms with Gasteiger partial charge in [-0.25, -0.2) is 0 Å². The minimum atomic E-state index is -0.430. The van der Waals surface area contributed by atoms with Crippen molar-refractivity contribution in [3.8, 4) is 6.07 Å². The third-order valence-electron chi connectivity index (χ3n) is 4.59. The summed E-state index contributed by atoms with van der Waals surface area (Å²) in [7, 11) is 0. The van der Waals surface area contributed by atoms with Gasteiger partial charge in [0, 0.05) is 18.7 Å². The minimum absolute atomic E-state index is 0.136. The van der Waals surface area contributed by atoms with Gasteiger partial charge < -0.3 is 10.2 Å². The lowest BCUT2D eigenvalue weighted by Crippen LogP contribution is -2.28. The maximum Gasteiger partial charge on any atom is 0.229 e. The van der Waals surface area contributed by atoms with Gasteiger partial charge in [0.1, 0.15) is 6.07 Å². The summed E-state index contributed by atoms with van der Waals surface area (Å²) in [5.74, 6) is -0.739. The van der Waals surface area contributed by atoms with Crippen molar-refractivity contribution in [1.82, 2.24) is 0 Å². The van der Waals surface area contributed by atoms with E-state index in [1.54, 1.807) is 24.3 Å². The highest BCUT2D eigenvalue weighted by Gasteiger charge is 2.36. The molecule has 0 bridgehead atoms. The Hall–Kier alpha value is -3.13. The van der Waals surface area contributed by atoms with Crippen LogP contribution in [0, 0.1) is 31.1 Å². The molecule has 1 aliphatic rings. The zero-order valence-electron chi connectivity index (χ0n) is 14.2. The molecule has 1 N–H and O–H groups in total. The number of amides is 2. The number of rotatable bonds is 3. The number of nitrogens with one attached hydrogen (secondary N) is 1. The van der Waals surface area contributed by atoms with Crippen molar-refractivity contribution < 1.29 is 9.59 Å². The van der Waals surface area contributed by atoms with Crippen LogP contribution in [-0.2, 0) is 9.59 Å². The largest absolute Gasteiger partial charge is 0.326 e. The van der Waals surface area contributed by atoms with E-state index in [0.29, 0.717) is 11.3 Å². The summed E-state index contributed by atoms with van der Waals surface area (Å²) in [6, 6.07) is 14.8. The van der Waals surface area contributed by atoms with Gasteiger partial charge >= 0.3 is 0 Å². The number of benzene rings is 2. The number of hydrogen-bond acceptors (Lipinski definition) is 3. The van der Waals surface area contributed by atoms with E-state index in [1.807, 2.05) is 32.0 Å². The van der Waals surface area contributed by atoms with Crippen LogP contribution in [0.25, 0.3) is 0 Å². The van der Waals surface area contributed by atoms with Crippen LogP contribution >= 0.6 is 0 Å². The van der Waals surface area contributed by atoms with E-state index in [0.717, 1.165) is 16.8 Å². The number of aryl methyl sites for hydroxylation is 2. The van der Waals surface area contributed by atoms with Crippen LogP contribution in [0.15, 0.2) is 42.5 Å². The molecule has 3 rings (SSSR count). The molecular formula is C20H19N3O2. The maximum absolute atomic E-state index is 12.5. The van der Waals surface area contributed by atoms with Crippen molar-refractivity contribution >= 4 is 23.2 Å². The Bertz CT molecular complexity index is 883. The van der Waals surface area contributed by atoms with E-state index >= 15 is 0 Å². The van der Waals surface area contributed by atoms with Gasteiger partial charge in [0.15, 0.2) is 0 Å². The number of hydrogen-bond donors (Lipinski definition) is 1. The van der Waals surface area contributed by atoms with Gasteiger partial charge in [-0.1, -0.05) is 18.2 Å². The van der Waals surface area contributed by atoms with Crippen molar-refractivity contribution in [2.75, 3.05) is 16.8 Å². The number of carbonyl (C=O) groups is 2. The molecule has 5 nitrogen and oxygen atoms in total. The van der Waals surface area contributed by atoms with Gasteiger partial charge in [-0.3, -0.25) is 9.59 Å². The molecule has 0 saturated carbocycles. The molecule has 25 heavy (non-hydrogen) atoms. The molecule has 0 aromatic heterocycles. The average molecular weight is 333 g/mol. The van der Waals surface area contributed by atoms with Gasteiger partial charge in [-0.2, -0.15) is 5.26 Å². The van der Waals surface area contributed by atoms with Crippen molar-refractivity contribution in [2.24, 2.45) is 5.92 Å². The number of nitriles is 1. The van der Waals surface area contributed by atoms with E-state index in [9.17, 15) is 14.9 Å². The fourth-order valence-corrected chi connectivity index (χ4v) is 2.98. The Morgan fingerprint density at radius 1 is 1.20 bits per heavy atom. The molecule has 126 valence electrons. The smallest absolute Gasteiger partial charge is 0.229 e. The molecule has 1 fully saturated rings. The highest BCUT2D eigenvalue weighted by Crippen LogP contribution is 2.28. The molecule has 2 amide bonds. The average Bonchev–Trinajstić information content (AvgIpc) is 3.00. The van der Waals surface area contributed by atoms with E-state index in [-0.39, 0.29) is 24.8 Å². The first-order valence-corrected chi connectivity index (χ1v) is 8.17. The van der Waals surface area contributed by atoms with Crippen LogP contribution in [0.3, 0.4) is 0 Å². The Balaban J connectivity index is 1.74. The monoisotopic (exact) mass is 333 g/mol. The van der Waals surface area contributed by atoms with Gasteiger partial charge in [0.25, 0.3) is 0 Å². The Kier molecular flexibility index (Phi) is 4.53. The lowest BCUT2D eigenvalue weighted by atomic mass is 10.1. The zero-order valence-corrected chi connectivity index (χ0v) is 14.2. The molecule has 1 atom stereocenters. The van der Waals surface area contributed by atoms with Crippen molar-refractivity contribution in [1.29, 1.82) is 5.26 Å². The van der Waals surface area contributed by atoms with E-state index in [1.165, 1.54) is 4.90 Å². The summed E-state index contributed by atoms with van der Waals surface area (Å²) >= 11 is 0. The summed E-state index contributed by atoms with van der Waals surface area (Å²) in [5.41, 5.74) is 4.00. The first kappa shape index (κ1) is 16.7. The second-order valence-corrected chi connectivity index (χ2v) is 6.32. The maximum atomic E-state index is 12.5. The highest BCUT2D eigenvalue weighted by molar-refractivity contribution is 6.04. The summed E-state index contributed by atoms with van der Waals surface area (Å²) < 4.78 is 0. The third-order valence-corrected chi connectivity index (χ3v) is 4.59.